The third-order valence-corrected chi connectivity index (χ3v) is 3.81. The molecule has 4 nitrogen and oxygen atoms in total. The van der Waals surface area contributed by atoms with Gasteiger partial charge in [-0.15, -0.1) is 12.4 Å². The predicted octanol–water partition coefficient (Wildman–Crippen LogP) is 3.55. The van der Waals surface area contributed by atoms with Crippen molar-refractivity contribution >= 4 is 24.5 Å². The van der Waals surface area contributed by atoms with Gasteiger partial charge in [-0.05, 0) is 56.6 Å². The second-order valence-corrected chi connectivity index (χ2v) is 5.72. The van der Waals surface area contributed by atoms with Crippen molar-refractivity contribution in [3.05, 3.63) is 35.9 Å². The molecule has 0 aliphatic carbocycles. The number of benzene rings is 1. The molecule has 1 heterocycles. The van der Waals surface area contributed by atoms with Crippen molar-refractivity contribution in [3.63, 3.8) is 0 Å². The van der Waals surface area contributed by atoms with E-state index in [0.29, 0.717) is 0 Å². The van der Waals surface area contributed by atoms with E-state index in [1.165, 1.54) is 25.3 Å². The van der Waals surface area contributed by atoms with Gasteiger partial charge in [0.2, 0.25) is 0 Å². The van der Waals surface area contributed by atoms with E-state index in [2.05, 4.69) is 4.90 Å². The summed E-state index contributed by atoms with van der Waals surface area (Å²) in [5.74, 6) is 0.509. The lowest BCUT2D eigenvalue weighted by molar-refractivity contribution is -0.143. The van der Waals surface area contributed by atoms with E-state index < -0.39 is 0 Å². The number of ether oxygens (including phenoxy) is 2. The highest BCUT2D eigenvalue weighted by molar-refractivity contribution is 5.87. The van der Waals surface area contributed by atoms with Gasteiger partial charge in [0.15, 0.2) is 0 Å². The Morgan fingerprint density at radius 2 is 1.87 bits per heavy atom. The molecule has 0 aromatic heterocycles. The minimum atomic E-state index is -0.291. The van der Waals surface area contributed by atoms with Crippen LogP contribution in [0.5, 0.6) is 5.75 Å². The Morgan fingerprint density at radius 3 is 2.48 bits per heavy atom. The van der Waals surface area contributed by atoms with Gasteiger partial charge in [0.1, 0.15) is 11.9 Å². The molecule has 1 unspecified atom stereocenters. The highest BCUT2D eigenvalue weighted by Gasteiger charge is 2.15. The fraction of sp³-hybridized carbons (Fsp3) is 0.500. The second kappa shape index (κ2) is 10.3. The zero-order chi connectivity index (χ0) is 15.8. The Hall–Kier alpha value is -1.52. The Balaban J connectivity index is 0.00000264. The van der Waals surface area contributed by atoms with E-state index in [4.69, 9.17) is 9.47 Å². The molecule has 5 heteroatoms. The molecular formula is C18H26ClNO3. The van der Waals surface area contributed by atoms with Crippen LogP contribution in [0, 0.1) is 0 Å². The van der Waals surface area contributed by atoms with Crippen LogP contribution in [0.4, 0.5) is 0 Å². The molecule has 0 amide bonds. The largest absolute Gasteiger partial charge is 0.497 e. The van der Waals surface area contributed by atoms with Crippen LogP contribution in [0.25, 0.3) is 6.08 Å². The number of hydrogen-bond donors (Lipinski definition) is 0. The monoisotopic (exact) mass is 339 g/mol. The Labute approximate surface area is 144 Å². The van der Waals surface area contributed by atoms with Gasteiger partial charge in [-0.25, -0.2) is 4.79 Å². The summed E-state index contributed by atoms with van der Waals surface area (Å²) >= 11 is 0. The maximum Gasteiger partial charge on any atom is 0.331 e. The van der Waals surface area contributed by atoms with Crippen molar-refractivity contribution in [1.29, 1.82) is 0 Å². The SMILES string of the molecule is COc1ccc(C=CC(=O)OC(C)CN2CCCCC2)cc1.Cl. The Kier molecular flexibility index (Phi) is 8.74. The fourth-order valence-electron chi connectivity index (χ4n) is 2.66. The molecule has 128 valence electrons. The van der Waals surface area contributed by atoms with Crippen LogP contribution in [-0.4, -0.2) is 43.7 Å². The molecule has 2 rings (SSSR count). The van der Waals surface area contributed by atoms with Gasteiger partial charge < -0.3 is 9.47 Å². The predicted molar refractivity (Wildman–Crippen MR) is 95.1 cm³/mol. The second-order valence-electron chi connectivity index (χ2n) is 5.72. The van der Waals surface area contributed by atoms with Crippen molar-refractivity contribution in [2.45, 2.75) is 32.3 Å². The van der Waals surface area contributed by atoms with E-state index >= 15 is 0 Å². The standard InChI is InChI=1S/C18H25NO3.ClH/c1-15(14-19-12-4-3-5-13-19)22-18(20)11-8-16-6-9-17(21-2)10-7-16;/h6-11,15H,3-5,12-14H2,1-2H3;1H. The number of likely N-dealkylation sites (tertiary alicyclic amines) is 1. The van der Waals surface area contributed by atoms with Crippen molar-refractivity contribution < 1.29 is 14.3 Å². The third-order valence-electron chi connectivity index (χ3n) is 3.81. The van der Waals surface area contributed by atoms with Gasteiger partial charge in [-0.1, -0.05) is 18.6 Å². The maximum absolute atomic E-state index is 11.8. The highest BCUT2D eigenvalue weighted by Crippen LogP contribution is 2.13. The first-order chi connectivity index (χ1) is 10.7. The number of rotatable bonds is 6. The van der Waals surface area contributed by atoms with Crippen LogP contribution < -0.4 is 4.74 Å². The number of carbonyl (C=O) groups excluding carboxylic acids is 1. The molecule has 1 aliphatic heterocycles. The summed E-state index contributed by atoms with van der Waals surface area (Å²) in [5, 5.41) is 0. The Bertz CT molecular complexity index is 495. The zero-order valence-corrected chi connectivity index (χ0v) is 14.7. The topological polar surface area (TPSA) is 38.8 Å². The van der Waals surface area contributed by atoms with Gasteiger partial charge >= 0.3 is 5.97 Å². The molecule has 0 saturated carbocycles. The van der Waals surface area contributed by atoms with Crippen molar-refractivity contribution in [2.24, 2.45) is 0 Å². The van der Waals surface area contributed by atoms with E-state index in [1.807, 2.05) is 31.2 Å². The molecule has 0 bridgehead atoms. The number of halogens is 1. The fourth-order valence-corrected chi connectivity index (χ4v) is 2.66. The molecule has 1 aromatic carbocycles. The summed E-state index contributed by atoms with van der Waals surface area (Å²) in [6.45, 7) is 5.00. The molecule has 1 atom stereocenters. The first-order valence-electron chi connectivity index (χ1n) is 7.92. The highest BCUT2D eigenvalue weighted by atomic mass is 35.5. The van der Waals surface area contributed by atoms with Crippen LogP contribution in [0.15, 0.2) is 30.3 Å². The molecule has 0 spiro atoms. The van der Waals surface area contributed by atoms with Crippen molar-refractivity contribution in [1.82, 2.24) is 4.90 Å². The molecule has 1 fully saturated rings. The number of piperidine rings is 1. The van der Waals surface area contributed by atoms with Crippen LogP contribution >= 0.6 is 12.4 Å². The zero-order valence-electron chi connectivity index (χ0n) is 13.9. The lowest BCUT2D eigenvalue weighted by atomic mass is 10.1. The minimum absolute atomic E-state index is 0. The van der Waals surface area contributed by atoms with Gasteiger partial charge in [-0.3, -0.25) is 4.90 Å². The van der Waals surface area contributed by atoms with E-state index in [-0.39, 0.29) is 24.5 Å². The van der Waals surface area contributed by atoms with E-state index in [1.54, 1.807) is 13.2 Å². The summed E-state index contributed by atoms with van der Waals surface area (Å²) in [6.07, 6.45) is 6.97. The van der Waals surface area contributed by atoms with E-state index in [9.17, 15) is 4.79 Å². The number of carbonyl (C=O) groups is 1. The number of methoxy groups -OCH3 is 1. The summed E-state index contributed by atoms with van der Waals surface area (Å²) in [4.78, 5) is 14.2. The first-order valence-corrected chi connectivity index (χ1v) is 7.92. The van der Waals surface area contributed by atoms with Crippen LogP contribution in [0.3, 0.4) is 0 Å². The first kappa shape index (κ1) is 19.5. The van der Waals surface area contributed by atoms with Gasteiger partial charge in [0.25, 0.3) is 0 Å². The summed E-state index contributed by atoms with van der Waals surface area (Å²) in [6, 6.07) is 7.54. The van der Waals surface area contributed by atoms with E-state index in [0.717, 1.165) is 30.9 Å². The van der Waals surface area contributed by atoms with Crippen molar-refractivity contribution in [2.75, 3.05) is 26.7 Å². The molecule has 23 heavy (non-hydrogen) atoms. The van der Waals surface area contributed by atoms with Crippen molar-refractivity contribution in [3.8, 4) is 5.75 Å². The normalized spacial score (nSPS) is 16.6. The average Bonchev–Trinajstić information content (AvgIpc) is 2.54. The molecule has 0 radical (unpaired) electrons. The Morgan fingerprint density at radius 1 is 1.22 bits per heavy atom. The minimum Gasteiger partial charge on any atom is -0.497 e. The van der Waals surface area contributed by atoms with Crippen LogP contribution in [0.1, 0.15) is 31.7 Å². The lowest BCUT2D eigenvalue weighted by Gasteiger charge is -2.28. The molecule has 1 aromatic rings. The average molecular weight is 340 g/mol. The smallest absolute Gasteiger partial charge is 0.331 e. The molecule has 1 saturated heterocycles. The van der Waals surface area contributed by atoms with Gasteiger partial charge in [0, 0.05) is 12.6 Å². The van der Waals surface area contributed by atoms with Crippen LogP contribution in [0.2, 0.25) is 0 Å². The maximum atomic E-state index is 11.8. The molecular weight excluding hydrogens is 314 g/mol. The van der Waals surface area contributed by atoms with Crippen LogP contribution in [-0.2, 0) is 9.53 Å². The van der Waals surface area contributed by atoms with Gasteiger partial charge in [-0.2, -0.15) is 0 Å². The summed E-state index contributed by atoms with van der Waals surface area (Å²) in [7, 11) is 1.63. The van der Waals surface area contributed by atoms with Gasteiger partial charge in [0.05, 0.1) is 7.11 Å². The molecule has 1 aliphatic rings. The number of esters is 1. The summed E-state index contributed by atoms with van der Waals surface area (Å²) < 4.78 is 10.5. The molecule has 0 N–H and O–H groups in total. The number of hydrogen-bond acceptors (Lipinski definition) is 4. The third kappa shape index (κ3) is 7.06. The number of nitrogens with zero attached hydrogens (tertiary/aromatic N) is 1. The quantitative estimate of drug-likeness (QED) is 0.587. The summed E-state index contributed by atoms with van der Waals surface area (Å²) in [5.41, 5.74) is 0.946. The lowest BCUT2D eigenvalue weighted by Crippen LogP contribution is -2.36.